The van der Waals surface area contributed by atoms with Crippen molar-refractivity contribution in [3.05, 3.63) is 65.2 Å². The third kappa shape index (κ3) is 5.65. The standard InChI is InChI=1S/C26H32F3NO2/c1-20-6-4-7-21(16-20)18-30-14-12-24(13-15-31-25(19-24)10-2-3-11-25)22-8-5-9-23(17-22)32-26(27,28)29/h4-9,16-17,30H,2-3,10-15,18-19H2,1H3/t24-/m1/s1. The molecule has 0 unspecified atom stereocenters. The molecule has 1 heterocycles. The van der Waals surface area contributed by atoms with Gasteiger partial charge in [-0.05, 0) is 68.8 Å². The van der Waals surface area contributed by atoms with Gasteiger partial charge >= 0.3 is 6.36 Å². The van der Waals surface area contributed by atoms with Gasteiger partial charge in [0.25, 0.3) is 0 Å². The predicted octanol–water partition coefficient (Wildman–Crippen LogP) is 6.43. The maximum absolute atomic E-state index is 12.8. The number of alkyl halides is 3. The van der Waals surface area contributed by atoms with Crippen LogP contribution in [0.3, 0.4) is 0 Å². The van der Waals surface area contributed by atoms with E-state index in [0.717, 1.165) is 63.6 Å². The van der Waals surface area contributed by atoms with Crippen molar-refractivity contribution in [3.63, 3.8) is 0 Å². The zero-order valence-electron chi connectivity index (χ0n) is 18.6. The van der Waals surface area contributed by atoms with Crippen LogP contribution >= 0.6 is 0 Å². The molecule has 1 N–H and O–H groups in total. The van der Waals surface area contributed by atoms with E-state index < -0.39 is 6.36 Å². The lowest BCUT2D eigenvalue weighted by atomic mass is 9.66. The van der Waals surface area contributed by atoms with Gasteiger partial charge in [-0.1, -0.05) is 54.8 Å². The van der Waals surface area contributed by atoms with Crippen molar-refractivity contribution < 1.29 is 22.6 Å². The predicted molar refractivity (Wildman–Crippen MR) is 119 cm³/mol. The molecule has 2 aliphatic rings. The van der Waals surface area contributed by atoms with Gasteiger partial charge in [0.2, 0.25) is 0 Å². The smallest absolute Gasteiger partial charge is 0.406 e. The number of benzene rings is 2. The van der Waals surface area contributed by atoms with Crippen LogP contribution in [-0.2, 0) is 16.7 Å². The van der Waals surface area contributed by atoms with Crippen LogP contribution in [0.5, 0.6) is 5.75 Å². The van der Waals surface area contributed by atoms with Gasteiger partial charge in [0.05, 0.1) is 5.60 Å². The van der Waals surface area contributed by atoms with Gasteiger partial charge in [-0.15, -0.1) is 13.2 Å². The Morgan fingerprint density at radius 3 is 2.56 bits per heavy atom. The number of nitrogens with one attached hydrogen (secondary N) is 1. The van der Waals surface area contributed by atoms with Crippen LogP contribution in [0.1, 0.15) is 61.6 Å². The van der Waals surface area contributed by atoms with Gasteiger partial charge in [0.1, 0.15) is 5.75 Å². The minimum atomic E-state index is -4.69. The number of aryl methyl sites for hydroxylation is 1. The maximum atomic E-state index is 12.8. The second kappa shape index (κ2) is 9.44. The lowest BCUT2D eigenvalue weighted by molar-refractivity contribution is -0.274. The van der Waals surface area contributed by atoms with E-state index in [1.165, 1.54) is 17.2 Å². The Bertz CT molecular complexity index is 908. The molecule has 0 radical (unpaired) electrons. The van der Waals surface area contributed by atoms with E-state index in [1.54, 1.807) is 12.1 Å². The molecule has 1 saturated carbocycles. The molecule has 174 valence electrons. The molecule has 2 aromatic rings. The first-order valence-corrected chi connectivity index (χ1v) is 11.5. The van der Waals surface area contributed by atoms with Gasteiger partial charge in [0.15, 0.2) is 0 Å². The highest BCUT2D eigenvalue weighted by molar-refractivity contribution is 5.35. The number of hydrogen-bond acceptors (Lipinski definition) is 3. The van der Waals surface area contributed by atoms with E-state index in [4.69, 9.17) is 4.74 Å². The van der Waals surface area contributed by atoms with Crippen molar-refractivity contribution in [3.8, 4) is 5.75 Å². The van der Waals surface area contributed by atoms with Gasteiger partial charge in [-0.2, -0.15) is 0 Å². The fourth-order valence-electron chi connectivity index (χ4n) is 5.57. The lowest BCUT2D eigenvalue weighted by Gasteiger charge is -2.47. The second-order valence-corrected chi connectivity index (χ2v) is 9.44. The van der Waals surface area contributed by atoms with Crippen molar-refractivity contribution >= 4 is 0 Å². The Hall–Kier alpha value is -2.05. The third-order valence-electron chi connectivity index (χ3n) is 7.04. The van der Waals surface area contributed by atoms with Crippen LogP contribution in [0.15, 0.2) is 48.5 Å². The lowest BCUT2D eigenvalue weighted by Crippen LogP contribution is -2.47. The number of rotatable bonds is 7. The maximum Gasteiger partial charge on any atom is 0.573 e. The third-order valence-corrected chi connectivity index (χ3v) is 7.04. The first-order chi connectivity index (χ1) is 15.3. The van der Waals surface area contributed by atoms with Crippen molar-refractivity contribution in [2.45, 2.75) is 75.8 Å². The van der Waals surface area contributed by atoms with Crippen LogP contribution in [0, 0.1) is 6.92 Å². The average molecular weight is 448 g/mol. The number of ether oxygens (including phenoxy) is 2. The summed E-state index contributed by atoms with van der Waals surface area (Å²) in [5, 5.41) is 3.55. The Morgan fingerprint density at radius 1 is 1.03 bits per heavy atom. The van der Waals surface area contributed by atoms with Crippen LogP contribution in [0.2, 0.25) is 0 Å². The molecule has 2 fully saturated rings. The summed E-state index contributed by atoms with van der Waals surface area (Å²) < 4.78 is 49.0. The van der Waals surface area contributed by atoms with Crippen LogP contribution in [0.25, 0.3) is 0 Å². The monoisotopic (exact) mass is 447 g/mol. The summed E-state index contributed by atoms with van der Waals surface area (Å²) in [5.74, 6) is -0.144. The largest absolute Gasteiger partial charge is 0.573 e. The molecular weight excluding hydrogens is 415 g/mol. The average Bonchev–Trinajstić information content (AvgIpc) is 3.17. The minimum absolute atomic E-state index is 0.143. The van der Waals surface area contributed by atoms with E-state index in [2.05, 4.69) is 41.2 Å². The molecule has 6 heteroatoms. The van der Waals surface area contributed by atoms with Crippen molar-refractivity contribution in [2.75, 3.05) is 13.2 Å². The highest BCUT2D eigenvalue weighted by Crippen LogP contribution is 2.50. The van der Waals surface area contributed by atoms with E-state index >= 15 is 0 Å². The van der Waals surface area contributed by atoms with Crippen LogP contribution < -0.4 is 10.1 Å². The fraction of sp³-hybridized carbons (Fsp3) is 0.538. The topological polar surface area (TPSA) is 30.5 Å². The van der Waals surface area contributed by atoms with Gasteiger partial charge in [0, 0.05) is 18.6 Å². The molecule has 32 heavy (non-hydrogen) atoms. The summed E-state index contributed by atoms with van der Waals surface area (Å²) in [5.41, 5.74) is 3.02. The first kappa shape index (κ1) is 23.1. The normalized spacial score (nSPS) is 22.9. The zero-order valence-corrected chi connectivity index (χ0v) is 18.6. The molecular formula is C26H32F3NO2. The minimum Gasteiger partial charge on any atom is -0.406 e. The SMILES string of the molecule is Cc1cccc(CNCC[C@@]2(c3cccc(OC(F)(F)F)c3)CCOC3(CCCC3)C2)c1. The van der Waals surface area contributed by atoms with E-state index in [9.17, 15) is 13.2 Å². The van der Waals surface area contributed by atoms with E-state index in [0.29, 0.717) is 6.61 Å². The molecule has 1 spiro atoms. The Kier molecular flexibility index (Phi) is 6.82. The summed E-state index contributed by atoms with van der Waals surface area (Å²) in [6.45, 7) is 4.28. The molecule has 0 amide bonds. The Labute approximate surface area is 188 Å². The zero-order chi connectivity index (χ0) is 22.7. The Morgan fingerprint density at radius 2 is 1.81 bits per heavy atom. The molecule has 0 bridgehead atoms. The summed E-state index contributed by atoms with van der Waals surface area (Å²) in [4.78, 5) is 0. The summed E-state index contributed by atoms with van der Waals surface area (Å²) in [6, 6.07) is 15.0. The van der Waals surface area contributed by atoms with Crippen LogP contribution in [-0.4, -0.2) is 25.1 Å². The molecule has 1 atom stereocenters. The van der Waals surface area contributed by atoms with Gasteiger partial charge < -0.3 is 14.8 Å². The van der Waals surface area contributed by atoms with Crippen molar-refractivity contribution in [2.24, 2.45) is 0 Å². The highest BCUT2D eigenvalue weighted by Gasteiger charge is 2.47. The summed E-state index contributed by atoms with van der Waals surface area (Å²) in [6.07, 6.45) is 2.17. The molecule has 1 aliphatic carbocycles. The van der Waals surface area contributed by atoms with E-state index in [-0.39, 0.29) is 16.8 Å². The highest BCUT2D eigenvalue weighted by atomic mass is 19.4. The quantitative estimate of drug-likeness (QED) is 0.496. The summed E-state index contributed by atoms with van der Waals surface area (Å²) >= 11 is 0. The second-order valence-electron chi connectivity index (χ2n) is 9.44. The van der Waals surface area contributed by atoms with E-state index in [1.807, 2.05) is 6.07 Å². The first-order valence-electron chi connectivity index (χ1n) is 11.5. The molecule has 1 aliphatic heterocycles. The number of halogens is 3. The molecule has 3 nitrogen and oxygen atoms in total. The van der Waals surface area contributed by atoms with Gasteiger partial charge in [-0.25, -0.2) is 0 Å². The summed E-state index contributed by atoms with van der Waals surface area (Å²) in [7, 11) is 0. The molecule has 4 rings (SSSR count). The van der Waals surface area contributed by atoms with Crippen molar-refractivity contribution in [1.29, 1.82) is 0 Å². The van der Waals surface area contributed by atoms with Gasteiger partial charge in [-0.3, -0.25) is 0 Å². The Balaban J connectivity index is 1.53. The fourth-order valence-corrected chi connectivity index (χ4v) is 5.57. The molecule has 1 saturated heterocycles. The molecule has 0 aromatic heterocycles. The molecule has 2 aromatic carbocycles. The van der Waals surface area contributed by atoms with Crippen molar-refractivity contribution in [1.82, 2.24) is 5.32 Å². The number of hydrogen-bond donors (Lipinski definition) is 1. The van der Waals surface area contributed by atoms with Crippen LogP contribution in [0.4, 0.5) is 13.2 Å².